The highest BCUT2D eigenvalue weighted by Gasteiger charge is 2.36. The molecule has 0 N–H and O–H groups in total. The molecule has 1 aromatic rings. The number of halogens is 4. The Hall–Kier alpha value is -0.790. The molecule has 0 fully saturated rings. The van der Waals surface area contributed by atoms with Gasteiger partial charge in [0.25, 0.3) is 0 Å². The van der Waals surface area contributed by atoms with E-state index >= 15 is 0 Å². The van der Waals surface area contributed by atoms with Crippen LogP contribution in [0.25, 0.3) is 0 Å². The third-order valence-corrected chi connectivity index (χ3v) is 2.61. The first-order chi connectivity index (χ1) is 6.88. The van der Waals surface area contributed by atoms with Gasteiger partial charge in [-0.1, -0.05) is 6.07 Å². The van der Waals surface area contributed by atoms with E-state index in [0.717, 1.165) is 13.2 Å². The molecule has 1 rings (SSSR count). The van der Waals surface area contributed by atoms with Gasteiger partial charge in [-0.2, -0.15) is 13.2 Å². The molecule has 1 aromatic carbocycles. The van der Waals surface area contributed by atoms with Crippen molar-refractivity contribution >= 4 is 28.6 Å². The minimum absolute atomic E-state index is 0.217. The van der Waals surface area contributed by atoms with E-state index in [2.05, 4.69) is 4.74 Å². The van der Waals surface area contributed by atoms with Crippen molar-refractivity contribution in [3.8, 4) is 0 Å². The minimum atomic E-state index is -4.55. The van der Waals surface area contributed by atoms with Gasteiger partial charge in [-0.05, 0) is 34.7 Å². The first-order valence-corrected chi connectivity index (χ1v) is 4.90. The maximum Gasteiger partial charge on any atom is 0.417 e. The number of alkyl halides is 3. The van der Waals surface area contributed by atoms with Crippen molar-refractivity contribution in [1.29, 1.82) is 0 Å². The van der Waals surface area contributed by atoms with Crippen LogP contribution in [-0.2, 0) is 10.9 Å². The predicted octanol–water partition coefficient (Wildman–Crippen LogP) is 3.10. The Kier molecular flexibility index (Phi) is 3.58. The highest BCUT2D eigenvalue weighted by molar-refractivity contribution is 14.1. The molecule has 0 unspecified atom stereocenters. The molecule has 0 amide bonds. The normalized spacial score (nSPS) is 11.3. The molecular weight excluding hydrogens is 324 g/mol. The molecule has 15 heavy (non-hydrogen) atoms. The van der Waals surface area contributed by atoms with Gasteiger partial charge in [0.05, 0.1) is 18.2 Å². The fourth-order valence-corrected chi connectivity index (χ4v) is 1.79. The van der Waals surface area contributed by atoms with Crippen molar-refractivity contribution in [2.75, 3.05) is 7.11 Å². The zero-order valence-corrected chi connectivity index (χ0v) is 9.72. The quantitative estimate of drug-likeness (QED) is 0.584. The molecule has 0 spiro atoms. The topological polar surface area (TPSA) is 26.3 Å². The summed E-state index contributed by atoms with van der Waals surface area (Å²) in [6.07, 6.45) is -4.55. The summed E-state index contributed by atoms with van der Waals surface area (Å²) < 4.78 is 42.1. The second kappa shape index (κ2) is 4.38. The SMILES string of the molecule is COC(=O)c1c(I)cccc1C(F)(F)F. The fourth-order valence-electron chi connectivity index (χ4n) is 1.07. The van der Waals surface area contributed by atoms with Gasteiger partial charge in [0, 0.05) is 3.57 Å². The molecule has 0 aliphatic heterocycles. The summed E-state index contributed by atoms with van der Waals surface area (Å²) in [6, 6.07) is 3.52. The molecule has 2 nitrogen and oxygen atoms in total. The van der Waals surface area contributed by atoms with E-state index in [1.165, 1.54) is 12.1 Å². The van der Waals surface area contributed by atoms with E-state index in [0.29, 0.717) is 0 Å². The molecule has 0 atom stereocenters. The molecule has 0 radical (unpaired) electrons. The van der Waals surface area contributed by atoms with Crippen molar-refractivity contribution in [3.05, 3.63) is 32.9 Å². The Labute approximate surface area is 97.6 Å². The third kappa shape index (κ3) is 2.61. The Bertz CT molecular complexity index is 387. The van der Waals surface area contributed by atoms with Crippen LogP contribution in [-0.4, -0.2) is 13.1 Å². The Morgan fingerprint density at radius 1 is 1.40 bits per heavy atom. The van der Waals surface area contributed by atoms with Gasteiger partial charge in [-0.25, -0.2) is 4.79 Å². The maximum atomic E-state index is 12.5. The Balaban J connectivity index is 3.40. The van der Waals surface area contributed by atoms with E-state index in [1.807, 2.05) is 0 Å². The largest absolute Gasteiger partial charge is 0.465 e. The molecule has 0 aromatic heterocycles. The molecule has 0 aliphatic carbocycles. The van der Waals surface area contributed by atoms with Crippen molar-refractivity contribution in [1.82, 2.24) is 0 Å². The van der Waals surface area contributed by atoms with Crippen LogP contribution in [0.3, 0.4) is 0 Å². The summed E-state index contributed by atoms with van der Waals surface area (Å²) in [7, 11) is 1.05. The second-order valence-corrected chi connectivity index (χ2v) is 3.81. The van der Waals surface area contributed by atoms with Crippen LogP contribution in [0, 0.1) is 3.57 Å². The monoisotopic (exact) mass is 330 g/mol. The molecule has 6 heteroatoms. The van der Waals surface area contributed by atoms with Crippen LogP contribution in [0.5, 0.6) is 0 Å². The number of methoxy groups -OCH3 is 1. The smallest absolute Gasteiger partial charge is 0.417 e. The molecule has 0 aliphatic rings. The third-order valence-electron chi connectivity index (χ3n) is 1.71. The lowest BCUT2D eigenvalue weighted by atomic mass is 10.1. The van der Waals surface area contributed by atoms with Crippen LogP contribution in [0.1, 0.15) is 15.9 Å². The van der Waals surface area contributed by atoms with Crippen LogP contribution < -0.4 is 0 Å². The molecule has 82 valence electrons. The summed E-state index contributed by atoms with van der Waals surface area (Å²) in [5, 5.41) is 0. The number of hydrogen-bond acceptors (Lipinski definition) is 2. The van der Waals surface area contributed by atoms with Gasteiger partial charge in [-0.3, -0.25) is 0 Å². The van der Waals surface area contributed by atoms with Gasteiger partial charge < -0.3 is 4.74 Å². The zero-order chi connectivity index (χ0) is 11.6. The van der Waals surface area contributed by atoms with Crippen LogP contribution in [0.4, 0.5) is 13.2 Å². The number of hydrogen-bond donors (Lipinski definition) is 0. The Morgan fingerprint density at radius 3 is 2.47 bits per heavy atom. The second-order valence-electron chi connectivity index (χ2n) is 2.65. The van der Waals surface area contributed by atoms with Crippen LogP contribution in [0.15, 0.2) is 18.2 Å². The average molecular weight is 330 g/mol. The van der Waals surface area contributed by atoms with Gasteiger partial charge >= 0.3 is 12.1 Å². The number of esters is 1. The molecule has 0 bridgehead atoms. The van der Waals surface area contributed by atoms with Gasteiger partial charge in [0.1, 0.15) is 0 Å². The number of ether oxygens (including phenoxy) is 1. The van der Waals surface area contributed by atoms with E-state index in [4.69, 9.17) is 0 Å². The number of carbonyl (C=O) groups is 1. The van der Waals surface area contributed by atoms with Gasteiger partial charge in [0.15, 0.2) is 0 Å². The molecular formula is C9H6F3IO2. The zero-order valence-electron chi connectivity index (χ0n) is 7.56. The maximum absolute atomic E-state index is 12.5. The highest BCUT2D eigenvalue weighted by atomic mass is 127. The van der Waals surface area contributed by atoms with E-state index < -0.39 is 23.3 Å². The van der Waals surface area contributed by atoms with Crippen LogP contribution >= 0.6 is 22.6 Å². The summed E-state index contributed by atoms with van der Waals surface area (Å²) in [6.45, 7) is 0. The summed E-state index contributed by atoms with van der Waals surface area (Å²) in [5.74, 6) is -0.979. The molecule has 0 saturated carbocycles. The first-order valence-electron chi connectivity index (χ1n) is 3.82. The van der Waals surface area contributed by atoms with Crippen LogP contribution in [0.2, 0.25) is 0 Å². The lowest BCUT2D eigenvalue weighted by Crippen LogP contribution is -2.15. The summed E-state index contributed by atoms with van der Waals surface area (Å²) >= 11 is 1.66. The van der Waals surface area contributed by atoms with Gasteiger partial charge in [0.2, 0.25) is 0 Å². The van der Waals surface area contributed by atoms with Crippen molar-refractivity contribution in [2.24, 2.45) is 0 Å². The van der Waals surface area contributed by atoms with E-state index in [1.54, 1.807) is 22.6 Å². The number of rotatable bonds is 1. The van der Waals surface area contributed by atoms with Crippen molar-refractivity contribution in [3.63, 3.8) is 0 Å². The lowest BCUT2D eigenvalue weighted by Gasteiger charge is -2.12. The number of carbonyl (C=O) groups excluding carboxylic acids is 1. The fraction of sp³-hybridized carbons (Fsp3) is 0.222. The minimum Gasteiger partial charge on any atom is -0.465 e. The lowest BCUT2D eigenvalue weighted by molar-refractivity contribution is -0.138. The van der Waals surface area contributed by atoms with E-state index in [9.17, 15) is 18.0 Å². The molecule has 0 saturated heterocycles. The van der Waals surface area contributed by atoms with Crippen molar-refractivity contribution < 1.29 is 22.7 Å². The number of benzene rings is 1. The predicted molar refractivity (Wildman–Crippen MR) is 55.5 cm³/mol. The first kappa shape index (κ1) is 12.3. The van der Waals surface area contributed by atoms with Gasteiger partial charge in [-0.15, -0.1) is 0 Å². The highest BCUT2D eigenvalue weighted by Crippen LogP contribution is 2.34. The van der Waals surface area contributed by atoms with E-state index in [-0.39, 0.29) is 3.57 Å². The average Bonchev–Trinajstić information content (AvgIpc) is 2.15. The van der Waals surface area contributed by atoms with Crippen molar-refractivity contribution in [2.45, 2.75) is 6.18 Å². The standard InChI is InChI=1S/C9H6F3IO2/c1-15-8(14)7-5(9(10,11)12)3-2-4-6(7)13/h2-4H,1H3. The summed E-state index contributed by atoms with van der Waals surface area (Å²) in [4.78, 5) is 11.2. The Morgan fingerprint density at radius 2 is 2.00 bits per heavy atom. The molecule has 0 heterocycles. The summed E-state index contributed by atoms with van der Waals surface area (Å²) in [5.41, 5.74) is -1.41.